The molecule has 0 amide bonds. The van der Waals surface area contributed by atoms with E-state index >= 15 is 0 Å². The van der Waals surface area contributed by atoms with Crippen molar-refractivity contribution < 1.29 is 0 Å². The van der Waals surface area contributed by atoms with Gasteiger partial charge in [-0.2, -0.15) is 0 Å². The molecule has 0 bridgehead atoms. The van der Waals surface area contributed by atoms with Crippen molar-refractivity contribution in [3.05, 3.63) is 46.0 Å². The molecular weight excluding hydrogens is 226 g/mol. The van der Waals surface area contributed by atoms with Crippen molar-refractivity contribution in [3.63, 3.8) is 0 Å². The molecule has 0 saturated heterocycles. The highest BCUT2D eigenvalue weighted by Gasteiger charge is 2.01. The minimum atomic E-state index is 0.526. The second-order valence-electron chi connectivity index (χ2n) is 2.54. The third-order valence-corrected chi connectivity index (χ3v) is 2.66. The van der Waals surface area contributed by atoms with Gasteiger partial charge in [-0.05, 0) is 18.1 Å². The molecule has 0 fully saturated rings. The Kier molecular flexibility index (Phi) is 4.65. The van der Waals surface area contributed by atoms with Gasteiger partial charge in [-0.15, -0.1) is 11.6 Å². The van der Waals surface area contributed by atoms with Crippen LogP contribution >= 0.6 is 34.8 Å². The highest BCUT2D eigenvalue weighted by Crippen LogP contribution is 2.25. The molecule has 1 rings (SSSR count). The van der Waals surface area contributed by atoms with Crippen LogP contribution in [0.2, 0.25) is 10.0 Å². The fourth-order valence-electron chi connectivity index (χ4n) is 0.979. The molecule has 3 heteroatoms. The lowest BCUT2D eigenvalue weighted by molar-refractivity contribution is 1.26. The van der Waals surface area contributed by atoms with E-state index in [1.807, 2.05) is 24.3 Å². The van der Waals surface area contributed by atoms with E-state index in [1.165, 1.54) is 0 Å². The highest BCUT2D eigenvalue weighted by atomic mass is 35.5. The van der Waals surface area contributed by atoms with E-state index in [0.717, 1.165) is 12.0 Å². The van der Waals surface area contributed by atoms with Crippen molar-refractivity contribution in [1.82, 2.24) is 0 Å². The van der Waals surface area contributed by atoms with Gasteiger partial charge < -0.3 is 0 Å². The zero-order chi connectivity index (χ0) is 9.68. The topological polar surface area (TPSA) is 0 Å². The van der Waals surface area contributed by atoms with Gasteiger partial charge in [-0.3, -0.25) is 0 Å². The van der Waals surface area contributed by atoms with Gasteiger partial charge in [0.05, 0.1) is 10.0 Å². The van der Waals surface area contributed by atoms with Crippen LogP contribution in [0.4, 0.5) is 0 Å². The normalized spacial score (nSPS) is 11.0. The number of hydrogen-bond acceptors (Lipinski definition) is 0. The summed E-state index contributed by atoms with van der Waals surface area (Å²) >= 11 is 17.3. The zero-order valence-corrected chi connectivity index (χ0v) is 9.20. The van der Waals surface area contributed by atoms with Gasteiger partial charge in [-0.1, -0.05) is 47.5 Å². The first-order valence-electron chi connectivity index (χ1n) is 3.89. The van der Waals surface area contributed by atoms with Crippen LogP contribution in [0.15, 0.2) is 30.4 Å². The Hall–Kier alpha value is -0.170. The van der Waals surface area contributed by atoms with E-state index in [-0.39, 0.29) is 0 Å². The Morgan fingerprint density at radius 1 is 1.15 bits per heavy atom. The monoisotopic (exact) mass is 234 g/mol. The quantitative estimate of drug-likeness (QED) is 0.540. The van der Waals surface area contributed by atoms with Crippen molar-refractivity contribution in [2.24, 2.45) is 0 Å². The predicted octanol–water partition coefficient (Wildman–Crippen LogP) is 4.33. The van der Waals surface area contributed by atoms with Gasteiger partial charge in [0.1, 0.15) is 0 Å². The number of benzene rings is 1. The molecule has 0 aromatic heterocycles. The second kappa shape index (κ2) is 5.54. The molecule has 0 N–H and O–H groups in total. The average molecular weight is 236 g/mol. The van der Waals surface area contributed by atoms with Crippen molar-refractivity contribution in [2.75, 3.05) is 5.88 Å². The molecule has 0 heterocycles. The summed E-state index contributed by atoms with van der Waals surface area (Å²) in [4.78, 5) is 0. The molecule has 0 atom stereocenters. The maximum atomic E-state index is 5.97. The van der Waals surface area contributed by atoms with E-state index in [4.69, 9.17) is 34.8 Å². The van der Waals surface area contributed by atoms with E-state index in [1.54, 1.807) is 6.07 Å². The van der Waals surface area contributed by atoms with E-state index in [0.29, 0.717) is 15.9 Å². The van der Waals surface area contributed by atoms with Crippen molar-refractivity contribution in [2.45, 2.75) is 6.42 Å². The Bertz CT molecular complexity index is 305. The molecule has 1 aromatic carbocycles. The summed E-state index contributed by atoms with van der Waals surface area (Å²) < 4.78 is 0. The average Bonchev–Trinajstić information content (AvgIpc) is 2.13. The maximum Gasteiger partial charge on any atom is 0.0627 e. The van der Waals surface area contributed by atoms with Gasteiger partial charge in [0.25, 0.3) is 0 Å². The van der Waals surface area contributed by atoms with Crippen LogP contribution in [0.1, 0.15) is 5.56 Å². The van der Waals surface area contributed by atoms with Crippen LogP contribution in [0.25, 0.3) is 0 Å². The molecule has 0 unspecified atom stereocenters. The van der Waals surface area contributed by atoms with Crippen LogP contribution in [-0.4, -0.2) is 5.88 Å². The zero-order valence-electron chi connectivity index (χ0n) is 6.93. The molecule has 0 aliphatic rings. The van der Waals surface area contributed by atoms with Crippen molar-refractivity contribution in [3.8, 4) is 0 Å². The molecular formula is C10H9Cl3. The van der Waals surface area contributed by atoms with E-state index in [9.17, 15) is 0 Å². The van der Waals surface area contributed by atoms with Gasteiger partial charge >= 0.3 is 0 Å². The number of allylic oxidation sites excluding steroid dienone is 2. The Morgan fingerprint density at radius 2 is 1.92 bits per heavy atom. The molecule has 70 valence electrons. The van der Waals surface area contributed by atoms with Crippen LogP contribution in [0.5, 0.6) is 0 Å². The lowest BCUT2D eigenvalue weighted by Crippen LogP contribution is -1.83. The summed E-state index contributed by atoms with van der Waals surface area (Å²) in [5.41, 5.74) is 1.02. The van der Waals surface area contributed by atoms with E-state index in [2.05, 4.69) is 0 Å². The lowest BCUT2D eigenvalue weighted by atomic mass is 10.1. The second-order valence-corrected chi connectivity index (χ2v) is 3.64. The van der Waals surface area contributed by atoms with Crippen LogP contribution in [0, 0.1) is 0 Å². The molecule has 0 spiro atoms. The SMILES string of the molecule is ClCC=CCc1cccc(Cl)c1Cl. The van der Waals surface area contributed by atoms with Crippen LogP contribution < -0.4 is 0 Å². The third kappa shape index (κ3) is 3.22. The molecule has 1 aromatic rings. The molecule has 0 radical (unpaired) electrons. The van der Waals surface area contributed by atoms with Gasteiger partial charge in [0, 0.05) is 5.88 Å². The smallest absolute Gasteiger partial charge is 0.0627 e. The fourth-order valence-corrected chi connectivity index (χ4v) is 1.50. The van der Waals surface area contributed by atoms with Gasteiger partial charge in [-0.25, -0.2) is 0 Å². The van der Waals surface area contributed by atoms with Gasteiger partial charge in [0.15, 0.2) is 0 Å². The first kappa shape index (κ1) is 10.9. The summed E-state index contributed by atoms with van der Waals surface area (Å²) in [6.45, 7) is 0. The molecule has 0 aliphatic carbocycles. The summed E-state index contributed by atoms with van der Waals surface area (Å²) in [7, 11) is 0. The predicted molar refractivity (Wildman–Crippen MR) is 60.0 cm³/mol. The molecule has 0 saturated carbocycles. The summed E-state index contributed by atoms with van der Waals surface area (Å²) in [5.74, 6) is 0.526. The fraction of sp³-hybridized carbons (Fsp3) is 0.200. The lowest BCUT2D eigenvalue weighted by Gasteiger charge is -2.01. The Balaban J connectivity index is 2.77. The highest BCUT2D eigenvalue weighted by molar-refractivity contribution is 6.42. The number of rotatable bonds is 3. The minimum absolute atomic E-state index is 0.526. The van der Waals surface area contributed by atoms with Crippen molar-refractivity contribution >= 4 is 34.8 Å². The van der Waals surface area contributed by atoms with Crippen LogP contribution in [0.3, 0.4) is 0 Å². The molecule has 0 aliphatic heterocycles. The molecule has 13 heavy (non-hydrogen) atoms. The maximum absolute atomic E-state index is 5.97. The summed E-state index contributed by atoms with van der Waals surface area (Å²) in [5, 5.41) is 1.22. The number of halogens is 3. The van der Waals surface area contributed by atoms with E-state index < -0.39 is 0 Å². The minimum Gasteiger partial charge on any atom is -0.122 e. The Morgan fingerprint density at radius 3 is 2.62 bits per heavy atom. The summed E-state index contributed by atoms with van der Waals surface area (Å²) in [6, 6.07) is 5.61. The van der Waals surface area contributed by atoms with Crippen LogP contribution in [-0.2, 0) is 6.42 Å². The summed E-state index contributed by atoms with van der Waals surface area (Å²) in [6.07, 6.45) is 4.63. The first-order chi connectivity index (χ1) is 6.25. The Labute approximate surface area is 93.1 Å². The standard InChI is InChI=1S/C10H9Cl3/c11-7-2-1-4-8-5-3-6-9(12)10(8)13/h1-3,5-6H,4,7H2. The number of hydrogen-bond donors (Lipinski definition) is 0. The largest absolute Gasteiger partial charge is 0.122 e. The first-order valence-corrected chi connectivity index (χ1v) is 5.18. The van der Waals surface area contributed by atoms with Gasteiger partial charge in [0.2, 0.25) is 0 Å². The van der Waals surface area contributed by atoms with Crippen molar-refractivity contribution in [1.29, 1.82) is 0 Å². The molecule has 0 nitrogen and oxygen atoms in total. The number of alkyl halides is 1. The third-order valence-electron chi connectivity index (χ3n) is 1.63.